The topological polar surface area (TPSA) is 16.4 Å². The molecule has 0 unspecified atom stereocenters. The van der Waals surface area contributed by atoms with E-state index in [0.29, 0.717) is 0 Å². The van der Waals surface area contributed by atoms with Crippen molar-refractivity contribution in [3.05, 3.63) is 281 Å². The summed E-state index contributed by atoms with van der Waals surface area (Å²) in [6.45, 7) is 0. The maximum absolute atomic E-state index is 6.60. The number of rotatable bonds is 5. The molecule has 0 bridgehead atoms. The van der Waals surface area contributed by atoms with Gasteiger partial charge in [-0.2, -0.15) is 0 Å². The van der Waals surface area contributed by atoms with Crippen LogP contribution in [0.3, 0.4) is 0 Å². The van der Waals surface area contributed by atoms with Crippen molar-refractivity contribution in [2.75, 3.05) is 4.90 Å². The van der Waals surface area contributed by atoms with E-state index in [2.05, 4.69) is 241 Å². The van der Waals surface area contributed by atoms with Crippen molar-refractivity contribution in [1.82, 2.24) is 0 Å². The number of benzene rings is 10. The number of fused-ring (bicyclic) bond motifs is 16. The lowest BCUT2D eigenvalue weighted by Gasteiger charge is -2.35. The van der Waals surface area contributed by atoms with Gasteiger partial charge in [0.15, 0.2) is 0 Å². The molecule has 298 valence electrons. The van der Waals surface area contributed by atoms with Crippen molar-refractivity contribution in [3.8, 4) is 33.4 Å². The van der Waals surface area contributed by atoms with Gasteiger partial charge in [0.1, 0.15) is 11.2 Å². The predicted molar refractivity (Wildman–Crippen MR) is 262 cm³/mol. The van der Waals surface area contributed by atoms with E-state index < -0.39 is 10.8 Å². The van der Waals surface area contributed by atoms with Crippen molar-refractivity contribution in [2.45, 2.75) is 10.8 Å². The SMILES string of the molecule is c1ccc(C2(c3ccccc3)c3ccccc3-c3ccc(N(c4ccc5c(c4)-c4ccccc4C54c5ccccc5-c5ccccc54)c4cccc5oc6ccccc6c45)cc32)cc1. The zero-order chi connectivity index (χ0) is 42.0. The molecule has 14 rings (SSSR count). The van der Waals surface area contributed by atoms with E-state index >= 15 is 0 Å². The quantitative estimate of drug-likeness (QED) is 0.172. The molecular formula is C62H39NO. The molecule has 1 heterocycles. The number of nitrogens with zero attached hydrogens (tertiary/aromatic N) is 1. The van der Waals surface area contributed by atoms with Crippen LogP contribution in [-0.2, 0) is 10.8 Å². The molecule has 1 aromatic heterocycles. The third kappa shape index (κ3) is 4.49. The molecule has 3 aliphatic carbocycles. The van der Waals surface area contributed by atoms with Crippen LogP contribution in [0.4, 0.5) is 17.1 Å². The molecule has 0 aliphatic heterocycles. The molecule has 0 saturated carbocycles. The van der Waals surface area contributed by atoms with Crippen LogP contribution in [0.1, 0.15) is 44.5 Å². The Kier molecular flexibility index (Phi) is 7.28. The van der Waals surface area contributed by atoms with Crippen LogP contribution in [0.2, 0.25) is 0 Å². The summed E-state index contributed by atoms with van der Waals surface area (Å²) < 4.78 is 6.60. The van der Waals surface area contributed by atoms with E-state index in [0.717, 1.165) is 39.0 Å². The van der Waals surface area contributed by atoms with Gasteiger partial charge in [-0.05, 0) is 120 Å². The van der Waals surface area contributed by atoms with Gasteiger partial charge in [0.05, 0.1) is 21.9 Å². The molecule has 1 spiro atoms. The van der Waals surface area contributed by atoms with Crippen LogP contribution < -0.4 is 4.90 Å². The molecule has 0 fully saturated rings. The zero-order valence-corrected chi connectivity index (χ0v) is 34.9. The van der Waals surface area contributed by atoms with E-state index in [1.54, 1.807) is 0 Å². The summed E-state index contributed by atoms with van der Waals surface area (Å²) in [5.74, 6) is 0. The largest absolute Gasteiger partial charge is 0.456 e. The van der Waals surface area contributed by atoms with Gasteiger partial charge < -0.3 is 9.32 Å². The van der Waals surface area contributed by atoms with E-state index in [9.17, 15) is 0 Å². The number of hydrogen-bond donors (Lipinski definition) is 0. The molecule has 3 aliphatic rings. The Morgan fingerprint density at radius 3 is 1.38 bits per heavy atom. The number of hydrogen-bond acceptors (Lipinski definition) is 2. The highest BCUT2D eigenvalue weighted by molar-refractivity contribution is 6.13. The van der Waals surface area contributed by atoms with Gasteiger partial charge in [0.25, 0.3) is 0 Å². The minimum Gasteiger partial charge on any atom is -0.456 e. The van der Waals surface area contributed by atoms with Gasteiger partial charge in [-0.15, -0.1) is 0 Å². The third-order valence-corrected chi connectivity index (χ3v) is 14.6. The second-order valence-electron chi connectivity index (χ2n) is 17.5. The summed E-state index contributed by atoms with van der Waals surface area (Å²) in [7, 11) is 0. The molecule has 64 heavy (non-hydrogen) atoms. The van der Waals surface area contributed by atoms with Crippen LogP contribution in [0.15, 0.2) is 241 Å². The maximum Gasteiger partial charge on any atom is 0.137 e. The van der Waals surface area contributed by atoms with Gasteiger partial charge >= 0.3 is 0 Å². The Bertz CT molecular complexity index is 3610. The molecule has 10 aromatic carbocycles. The average Bonchev–Trinajstić information content (AvgIpc) is 4.08. The van der Waals surface area contributed by atoms with Crippen LogP contribution in [0, 0.1) is 0 Å². The highest BCUT2D eigenvalue weighted by atomic mass is 16.3. The van der Waals surface area contributed by atoms with Gasteiger partial charge in [-0.1, -0.05) is 194 Å². The fourth-order valence-electron chi connectivity index (χ4n) is 12.2. The predicted octanol–water partition coefficient (Wildman–Crippen LogP) is 15.8. The van der Waals surface area contributed by atoms with Crippen molar-refractivity contribution < 1.29 is 4.42 Å². The first-order chi connectivity index (χ1) is 31.8. The van der Waals surface area contributed by atoms with E-state index in [1.807, 2.05) is 0 Å². The minimum atomic E-state index is -0.545. The van der Waals surface area contributed by atoms with Gasteiger partial charge in [0, 0.05) is 16.8 Å². The Hall–Kier alpha value is -8.20. The molecule has 0 amide bonds. The van der Waals surface area contributed by atoms with Crippen molar-refractivity contribution in [1.29, 1.82) is 0 Å². The minimum absolute atomic E-state index is 0.423. The monoisotopic (exact) mass is 813 g/mol. The molecule has 0 radical (unpaired) electrons. The fourth-order valence-corrected chi connectivity index (χ4v) is 12.2. The Morgan fingerprint density at radius 1 is 0.297 bits per heavy atom. The van der Waals surface area contributed by atoms with Crippen LogP contribution >= 0.6 is 0 Å². The van der Waals surface area contributed by atoms with Gasteiger partial charge in [-0.3, -0.25) is 0 Å². The number of anilines is 3. The average molecular weight is 814 g/mol. The van der Waals surface area contributed by atoms with Gasteiger partial charge in [-0.25, -0.2) is 0 Å². The standard InChI is InChI=1S/C62H39NO/c1-3-18-40(19-4-1)61(41-20-5-2-6-21-41)51-27-12-7-24-46(51)48-36-34-43(39-56(48)61)63(57-31-17-33-59-60(57)49-26-11-16-32-58(49)64-59)42-35-37-55-50(38-42)47-25-10-15-30-54(47)62(55)52-28-13-8-22-44(52)45-23-9-14-29-53(45)62/h1-39H. The molecule has 0 saturated heterocycles. The first-order valence-electron chi connectivity index (χ1n) is 22.3. The summed E-state index contributed by atoms with van der Waals surface area (Å²) in [4.78, 5) is 2.48. The smallest absolute Gasteiger partial charge is 0.137 e. The lowest BCUT2D eigenvalue weighted by atomic mass is 9.67. The molecule has 0 N–H and O–H groups in total. The van der Waals surface area contributed by atoms with Crippen LogP contribution in [0.5, 0.6) is 0 Å². The number of para-hydroxylation sites is 1. The maximum atomic E-state index is 6.60. The van der Waals surface area contributed by atoms with Crippen molar-refractivity contribution in [3.63, 3.8) is 0 Å². The highest BCUT2D eigenvalue weighted by Gasteiger charge is 2.52. The Labute approximate surface area is 372 Å². The number of furan rings is 1. The molecule has 11 aromatic rings. The lowest BCUT2D eigenvalue weighted by molar-refractivity contribution is 0.669. The van der Waals surface area contributed by atoms with Crippen molar-refractivity contribution >= 4 is 39.0 Å². The van der Waals surface area contributed by atoms with Gasteiger partial charge in [0.2, 0.25) is 0 Å². The highest BCUT2D eigenvalue weighted by Crippen LogP contribution is 2.64. The molecule has 0 atom stereocenters. The third-order valence-electron chi connectivity index (χ3n) is 14.6. The van der Waals surface area contributed by atoms with Crippen LogP contribution in [0.25, 0.3) is 55.3 Å². The normalized spacial score (nSPS) is 14.2. The lowest BCUT2D eigenvalue weighted by Crippen LogP contribution is -2.28. The summed E-state index contributed by atoms with van der Waals surface area (Å²) in [6, 6.07) is 87.6. The summed E-state index contributed by atoms with van der Waals surface area (Å²) in [5, 5.41) is 2.19. The van der Waals surface area contributed by atoms with E-state index in [4.69, 9.17) is 4.42 Å². The van der Waals surface area contributed by atoms with Crippen molar-refractivity contribution in [2.24, 2.45) is 0 Å². The van der Waals surface area contributed by atoms with E-state index in [-0.39, 0.29) is 0 Å². The summed E-state index contributed by atoms with van der Waals surface area (Å²) >= 11 is 0. The second-order valence-corrected chi connectivity index (χ2v) is 17.5. The zero-order valence-electron chi connectivity index (χ0n) is 34.9. The molecular weight excluding hydrogens is 775 g/mol. The van der Waals surface area contributed by atoms with Crippen LogP contribution in [-0.4, -0.2) is 0 Å². The fraction of sp³-hybridized carbons (Fsp3) is 0.0323. The summed E-state index contributed by atoms with van der Waals surface area (Å²) in [5.41, 5.74) is 22.1. The summed E-state index contributed by atoms with van der Waals surface area (Å²) in [6.07, 6.45) is 0. The Balaban J connectivity index is 1.07. The second kappa shape index (κ2) is 13.2. The Morgan fingerprint density at radius 2 is 0.750 bits per heavy atom. The van der Waals surface area contributed by atoms with E-state index in [1.165, 1.54) is 77.9 Å². The molecule has 2 nitrogen and oxygen atoms in total. The molecule has 2 heteroatoms. The first kappa shape index (κ1) is 35.4. The first-order valence-corrected chi connectivity index (χ1v) is 22.3.